The zero-order valence-corrected chi connectivity index (χ0v) is 16.4. The standard InChI is InChI=1S/C20H17ClN4OS/c1-12-8-9-15-16(10-12)27-20(22-15)23-19(26)17-13(2)24-25(18(17)21)11-14-6-4-3-5-7-14/h3-10H,11H2,1-2H3,(H,22,23,26). The topological polar surface area (TPSA) is 59.8 Å². The van der Waals surface area contributed by atoms with Crippen LogP contribution in [0.5, 0.6) is 0 Å². The molecule has 0 radical (unpaired) electrons. The summed E-state index contributed by atoms with van der Waals surface area (Å²) in [6.07, 6.45) is 0. The molecule has 0 saturated heterocycles. The lowest BCUT2D eigenvalue weighted by Crippen LogP contribution is -2.13. The lowest BCUT2D eigenvalue weighted by Gasteiger charge is -2.04. The fourth-order valence-corrected chi connectivity index (χ4v) is 4.20. The molecular weight excluding hydrogens is 380 g/mol. The molecule has 0 aliphatic carbocycles. The van der Waals surface area contributed by atoms with Crippen LogP contribution in [0.1, 0.15) is 27.2 Å². The Kier molecular flexibility index (Phi) is 4.68. The van der Waals surface area contributed by atoms with E-state index in [-0.39, 0.29) is 5.91 Å². The van der Waals surface area contributed by atoms with Gasteiger partial charge in [0.25, 0.3) is 5.91 Å². The summed E-state index contributed by atoms with van der Waals surface area (Å²) < 4.78 is 2.68. The molecule has 27 heavy (non-hydrogen) atoms. The monoisotopic (exact) mass is 396 g/mol. The Morgan fingerprint density at radius 1 is 1.19 bits per heavy atom. The molecule has 2 aromatic heterocycles. The molecule has 7 heteroatoms. The van der Waals surface area contributed by atoms with E-state index in [1.807, 2.05) is 49.4 Å². The summed E-state index contributed by atoms with van der Waals surface area (Å²) in [6, 6.07) is 15.9. The Morgan fingerprint density at radius 3 is 2.74 bits per heavy atom. The Morgan fingerprint density at radius 2 is 1.96 bits per heavy atom. The highest BCUT2D eigenvalue weighted by Gasteiger charge is 2.21. The van der Waals surface area contributed by atoms with Crippen molar-refractivity contribution >= 4 is 44.2 Å². The number of hydrogen-bond donors (Lipinski definition) is 1. The van der Waals surface area contributed by atoms with Gasteiger partial charge in [-0.15, -0.1) is 0 Å². The number of rotatable bonds is 4. The van der Waals surface area contributed by atoms with Crippen LogP contribution in [0, 0.1) is 13.8 Å². The Hall–Kier alpha value is -2.70. The first-order chi connectivity index (χ1) is 13.0. The van der Waals surface area contributed by atoms with Gasteiger partial charge in [-0.3, -0.25) is 10.1 Å². The molecule has 0 spiro atoms. The molecule has 0 bridgehead atoms. The third kappa shape index (κ3) is 3.59. The van der Waals surface area contributed by atoms with Crippen molar-refractivity contribution in [1.82, 2.24) is 14.8 Å². The van der Waals surface area contributed by atoms with Crippen LogP contribution in [-0.2, 0) is 6.54 Å². The second-order valence-electron chi connectivity index (χ2n) is 6.34. The summed E-state index contributed by atoms with van der Waals surface area (Å²) in [6.45, 7) is 4.32. The Bertz CT molecular complexity index is 1130. The Labute approximate surface area is 165 Å². The number of hydrogen-bond acceptors (Lipinski definition) is 4. The fraction of sp³-hybridized carbons (Fsp3) is 0.150. The maximum atomic E-state index is 12.8. The summed E-state index contributed by atoms with van der Waals surface area (Å²) in [5, 5.41) is 8.16. The smallest absolute Gasteiger partial charge is 0.262 e. The number of thiazole rings is 1. The molecule has 0 unspecified atom stereocenters. The maximum absolute atomic E-state index is 12.8. The van der Waals surface area contributed by atoms with Gasteiger partial charge in [-0.2, -0.15) is 5.10 Å². The number of carbonyl (C=O) groups excluding carboxylic acids is 1. The van der Waals surface area contributed by atoms with E-state index < -0.39 is 0 Å². The molecule has 0 aliphatic rings. The summed E-state index contributed by atoms with van der Waals surface area (Å²) in [7, 11) is 0. The van der Waals surface area contributed by atoms with Crippen molar-refractivity contribution in [2.24, 2.45) is 0 Å². The summed E-state index contributed by atoms with van der Waals surface area (Å²) in [5.74, 6) is -0.299. The predicted molar refractivity (Wildman–Crippen MR) is 110 cm³/mol. The van der Waals surface area contributed by atoms with Crippen LogP contribution >= 0.6 is 22.9 Å². The highest BCUT2D eigenvalue weighted by molar-refractivity contribution is 7.22. The van der Waals surface area contributed by atoms with Crippen LogP contribution in [-0.4, -0.2) is 20.7 Å². The maximum Gasteiger partial charge on any atom is 0.262 e. The third-order valence-electron chi connectivity index (χ3n) is 4.23. The molecule has 5 nitrogen and oxygen atoms in total. The van der Waals surface area contributed by atoms with Crippen molar-refractivity contribution < 1.29 is 4.79 Å². The number of halogens is 1. The van der Waals surface area contributed by atoms with Crippen molar-refractivity contribution in [3.63, 3.8) is 0 Å². The van der Waals surface area contributed by atoms with Gasteiger partial charge in [0.2, 0.25) is 0 Å². The van der Waals surface area contributed by atoms with E-state index in [1.54, 1.807) is 11.6 Å². The van der Waals surface area contributed by atoms with Gasteiger partial charge in [-0.05, 0) is 37.1 Å². The van der Waals surface area contributed by atoms with Crippen LogP contribution in [0.2, 0.25) is 5.15 Å². The van der Waals surface area contributed by atoms with Gasteiger partial charge in [-0.25, -0.2) is 9.67 Å². The molecule has 2 aromatic carbocycles. The molecule has 136 valence electrons. The molecule has 1 amide bonds. The molecule has 0 atom stereocenters. The predicted octanol–water partition coefficient (Wildman–Crippen LogP) is 5.06. The van der Waals surface area contributed by atoms with E-state index in [1.165, 1.54) is 11.3 Å². The first-order valence-corrected chi connectivity index (χ1v) is 9.66. The number of fused-ring (bicyclic) bond motifs is 1. The summed E-state index contributed by atoms with van der Waals surface area (Å²) >= 11 is 7.90. The number of aromatic nitrogens is 3. The van der Waals surface area contributed by atoms with Gasteiger partial charge in [0.05, 0.1) is 28.0 Å². The van der Waals surface area contributed by atoms with Crippen molar-refractivity contribution in [3.8, 4) is 0 Å². The van der Waals surface area contributed by atoms with Crippen molar-refractivity contribution in [2.75, 3.05) is 5.32 Å². The number of carbonyl (C=O) groups is 1. The van der Waals surface area contributed by atoms with E-state index in [0.29, 0.717) is 28.1 Å². The lowest BCUT2D eigenvalue weighted by atomic mass is 10.2. The van der Waals surface area contributed by atoms with Gasteiger partial charge >= 0.3 is 0 Å². The van der Waals surface area contributed by atoms with Crippen LogP contribution in [0.15, 0.2) is 48.5 Å². The zero-order valence-electron chi connectivity index (χ0n) is 14.9. The number of aryl methyl sites for hydroxylation is 2. The molecule has 4 rings (SSSR count). The average Bonchev–Trinajstić information content (AvgIpc) is 3.15. The number of nitrogens with zero attached hydrogens (tertiary/aromatic N) is 3. The molecule has 0 aliphatic heterocycles. The highest BCUT2D eigenvalue weighted by Crippen LogP contribution is 2.28. The van der Waals surface area contributed by atoms with E-state index >= 15 is 0 Å². The van der Waals surface area contributed by atoms with Gasteiger partial charge in [0.15, 0.2) is 5.13 Å². The molecule has 0 saturated carbocycles. The molecular formula is C20H17ClN4OS. The van der Waals surface area contributed by atoms with Crippen molar-refractivity contribution in [1.29, 1.82) is 0 Å². The molecule has 2 heterocycles. The van der Waals surface area contributed by atoms with Crippen molar-refractivity contribution in [2.45, 2.75) is 20.4 Å². The van der Waals surface area contributed by atoms with E-state index in [0.717, 1.165) is 21.3 Å². The summed E-state index contributed by atoms with van der Waals surface area (Å²) in [5.41, 5.74) is 4.05. The lowest BCUT2D eigenvalue weighted by molar-refractivity contribution is 0.102. The SMILES string of the molecule is Cc1ccc2nc(NC(=O)c3c(C)nn(Cc4ccccc4)c3Cl)sc2c1. The number of benzene rings is 2. The van der Waals surface area contributed by atoms with Gasteiger partial charge in [0, 0.05) is 0 Å². The van der Waals surface area contributed by atoms with Gasteiger partial charge < -0.3 is 0 Å². The van der Waals surface area contributed by atoms with Crippen LogP contribution < -0.4 is 5.32 Å². The van der Waals surface area contributed by atoms with Gasteiger partial charge in [0.1, 0.15) is 5.15 Å². The Balaban J connectivity index is 1.59. The minimum Gasteiger partial charge on any atom is -0.298 e. The van der Waals surface area contributed by atoms with Crippen LogP contribution in [0.25, 0.3) is 10.2 Å². The zero-order chi connectivity index (χ0) is 19.0. The largest absolute Gasteiger partial charge is 0.298 e. The minimum atomic E-state index is -0.299. The van der Waals surface area contributed by atoms with E-state index in [2.05, 4.69) is 21.5 Å². The quantitative estimate of drug-likeness (QED) is 0.524. The second-order valence-corrected chi connectivity index (χ2v) is 7.73. The first kappa shape index (κ1) is 17.7. The number of nitrogens with one attached hydrogen (secondary N) is 1. The van der Waals surface area contributed by atoms with Crippen molar-refractivity contribution in [3.05, 3.63) is 76.1 Å². The minimum absolute atomic E-state index is 0.299. The first-order valence-electron chi connectivity index (χ1n) is 8.46. The number of amides is 1. The molecule has 1 N–H and O–H groups in total. The third-order valence-corrected chi connectivity index (χ3v) is 5.55. The number of anilines is 1. The van der Waals surface area contributed by atoms with Crippen LogP contribution in [0.3, 0.4) is 0 Å². The van der Waals surface area contributed by atoms with Gasteiger partial charge in [-0.1, -0.05) is 59.3 Å². The molecule has 0 fully saturated rings. The highest BCUT2D eigenvalue weighted by atomic mass is 35.5. The normalized spacial score (nSPS) is 11.1. The summed E-state index contributed by atoms with van der Waals surface area (Å²) in [4.78, 5) is 17.3. The average molecular weight is 397 g/mol. The van der Waals surface area contributed by atoms with E-state index in [4.69, 9.17) is 11.6 Å². The second kappa shape index (κ2) is 7.13. The van der Waals surface area contributed by atoms with E-state index in [9.17, 15) is 4.79 Å². The fourth-order valence-electron chi connectivity index (χ4n) is 2.92. The molecule has 4 aromatic rings. The van der Waals surface area contributed by atoms with Crippen LogP contribution in [0.4, 0.5) is 5.13 Å².